The van der Waals surface area contributed by atoms with Gasteiger partial charge in [0.2, 0.25) is 0 Å². The number of nitro benzene ring substituents is 1. The Morgan fingerprint density at radius 1 is 0.875 bits per heavy atom. The number of benzene rings is 2. The Bertz CT molecular complexity index is 1010. The number of nitro groups is 1. The summed E-state index contributed by atoms with van der Waals surface area (Å²) in [6.45, 7) is 5.89. The molecular formula is C23H26N4O5. The quantitative estimate of drug-likeness (QED) is 0.537. The number of non-ortho nitro benzene ring substituents is 1. The van der Waals surface area contributed by atoms with Crippen molar-refractivity contribution in [3.05, 3.63) is 69.3 Å². The minimum absolute atomic E-state index is 0.0542. The second-order valence-corrected chi connectivity index (χ2v) is 8.01. The molecule has 0 atom stereocenters. The van der Waals surface area contributed by atoms with Gasteiger partial charge in [-0.2, -0.15) is 0 Å². The summed E-state index contributed by atoms with van der Waals surface area (Å²) in [6.07, 6.45) is 0. The lowest BCUT2D eigenvalue weighted by atomic mass is 10.1. The van der Waals surface area contributed by atoms with E-state index in [0.717, 1.165) is 5.56 Å². The molecule has 2 heterocycles. The van der Waals surface area contributed by atoms with E-state index in [4.69, 9.17) is 4.74 Å². The predicted molar refractivity (Wildman–Crippen MR) is 119 cm³/mol. The molecule has 2 aromatic carbocycles. The lowest BCUT2D eigenvalue weighted by Crippen LogP contribution is -2.51. The Balaban J connectivity index is 1.49. The molecule has 9 nitrogen and oxygen atoms in total. The van der Waals surface area contributed by atoms with Crippen molar-refractivity contribution in [1.29, 1.82) is 0 Å². The number of nitrogens with zero attached hydrogens (tertiary/aromatic N) is 4. The number of aryl methyl sites for hydroxylation is 1. The molecule has 0 bridgehead atoms. The second-order valence-electron chi connectivity index (χ2n) is 8.01. The molecule has 2 saturated heterocycles. The number of hydrogen-bond donors (Lipinski definition) is 0. The first-order valence-corrected chi connectivity index (χ1v) is 10.7. The maximum absolute atomic E-state index is 13.4. The standard InChI is InChI=1S/C23H26N4O5/c1-17-2-4-18(5-3-17)22(28)25-8-10-26(11-9-25)23(29)20-16-19(27(30)31)6-7-21(20)24-12-14-32-15-13-24/h2-7,16H,8-15H2,1H3. The first-order chi connectivity index (χ1) is 15.4. The monoisotopic (exact) mass is 438 g/mol. The van der Waals surface area contributed by atoms with Gasteiger partial charge in [-0.1, -0.05) is 17.7 Å². The van der Waals surface area contributed by atoms with Gasteiger partial charge < -0.3 is 19.4 Å². The molecule has 32 heavy (non-hydrogen) atoms. The summed E-state index contributed by atoms with van der Waals surface area (Å²) in [5.41, 5.74) is 2.61. The highest BCUT2D eigenvalue weighted by molar-refractivity contribution is 6.01. The molecule has 2 aliphatic heterocycles. The van der Waals surface area contributed by atoms with Crippen LogP contribution in [-0.2, 0) is 4.74 Å². The van der Waals surface area contributed by atoms with Crippen molar-refractivity contribution < 1.29 is 19.2 Å². The van der Waals surface area contributed by atoms with Gasteiger partial charge in [0.1, 0.15) is 0 Å². The lowest BCUT2D eigenvalue weighted by molar-refractivity contribution is -0.384. The van der Waals surface area contributed by atoms with Crippen LogP contribution in [0.2, 0.25) is 0 Å². The van der Waals surface area contributed by atoms with Crippen LogP contribution < -0.4 is 4.90 Å². The molecule has 2 aromatic rings. The number of ether oxygens (including phenoxy) is 1. The van der Waals surface area contributed by atoms with Crippen LogP contribution in [0.25, 0.3) is 0 Å². The van der Waals surface area contributed by atoms with E-state index in [1.807, 2.05) is 36.1 Å². The first kappa shape index (κ1) is 21.8. The zero-order valence-electron chi connectivity index (χ0n) is 18.0. The molecule has 0 spiro atoms. The van der Waals surface area contributed by atoms with Gasteiger partial charge in [0.15, 0.2) is 0 Å². The molecule has 0 saturated carbocycles. The number of piperazine rings is 1. The Morgan fingerprint density at radius 3 is 2.06 bits per heavy atom. The number of anilines is 1. The number of morpholine rings is 1. The Hall–Kier alpha value is -3.46. The normalized spacial score (nSPS) is 16.7. The zero-order chi connectivity index (χ0) is 22.7. The largest absolute Gasteiger partial charge is 0.378 e. The van der Waals surface area contributed by atoms with Crippen molar-refractivity contribution in [3.63, 3.8) is 0 Å². The fourth-order valence-corrected chi connectivity index (χ4v) is 4.05. The van der Waals surface area contributed by atoms with Crippen molar-refractivity contribution in [2.24, 2.45) is 0 Å². The third-order valence-corrected chi connectivity index (χ3v) is 5.93. The number of amides is 2. The first-order valence-electron chi connectivity index (χ1n) is 10.7. The topological polar surface area (TPSA) is 96.2 Å². The molecule has 0 aromatic heterocycles. The minimum Gasteiger partial charge on any atom is -0.378 e. The summed E-state index contributed by atoms with van der Waals surface area (Å²) in [5.74, 6) is -0.306. The van der Waals surface area contributed by atoms with Crippen LogP contribution in [0.3, 0.4) is 0 Å². The van der Waals surface area contributed by atoms with Crippen LogP contribution in [0.15, 0.2) is 42.5 Å². The second kappa shape index (κ2) is 9.35. The molecule has 0 unspecified atom stereocenters. The van der Waals surface area contributed by atoms with Crippen LogP contribution in [0, 0.1) is 17.0 Å². The van der Waals surface area contributed by atoms with Crippen molar-refractivity contribution in [1.82, 2.24) is 9.80 Å². The van der Waals surface area contributed by atoms with Crippen LogP contribution in [0.5, 0.6) is 0 Å². The third kappa shape index (κ3) is 4.57. The van der Waals surface area contributed by atoms with Crippen LogP contribution in [0.4, 0.5) is 11.4 Å². The molecule has 2 aliphatic rings. The Kier molecular flexibility index (Phi) is 6.36. The highest BCUT2D eigenvalue weighted by atomic mass is 16.6. The molecule has 0 radical (unpaired) electrons. The predicted octanol–water partition coefficient (Wildman–Crippen LogP) is 2.34. The minimum atomic E-state index is -0.488. The zero-order valence-corrected chi connectivity index (χ0v) is 18.0. The summed E-state index contributed by atoms with van der Waals surface area (Å²) in [4.78, 5) is 42.4. The van der Waals surface area contributed by atoms with E-state index in [9.17, 15) is 19.7 Å². The fraction of sp³-hybridized carbons (Fsp3) is 0.391. The average Bonchev–Trinajstić information content (AvgIpc) is 2.84. The van der Waals surface area contributed by atoms with E-state index >= 15 is 0 Å². The van der Waals surface area contributed by atoms with Gasteiger partial charge >= 0.3 is 0 Å². The van der Waals surface area contributed by atoms with Gasteiger partial charge in [-0.25, -0.2) is 0 Å². The third-order valence-electron chi connectivity index (χ3n) is 5.93. The average molecular weight is 438 g/mol. The maximum atomic E-state index is 13.4. The molecular weight excluding hydrogens is 412 g/mol. The smallest absolute Gasteiger partial charge is 0.270 e. The highest BCUT2D eigenvalue weighted by Crippen LogP contribution is 2.28. The van der Waals surface area contributed by atoms with Gasteiger partial charge in [-0.15, -0.1) is 0 Å². The number of carbonyl (C=O) groups is 2. The summed E-state index contributed by atoms with van der Waals surface area (Å²) < 4.78 is 5.39. The lowest BCUT2D eigenvalue weighted by Gasteiger charge is -2.36. The van der Waals surface area contributed by atoms with Gasteiger partial charge in [0, 0.05) is 57.0 Å². The fourth-order valence-electron chi connectivity index (χ4n) is 4.05. The molecule has 2 fully saturated rings. The van der Waals surface area contributed by atoms with Gasteiger partial charge in [0.05, 0.1) is 29.4 Å². The molecule has 168 valence electrons. The van der Waals surface area contributed by atoms with E-state index in [1.54, 1.807) is 15.9 Å². The van der Waals surface area contributed by atoms with Crippen LogP contribution in [0.1, 0.15) is 26.3 Å². The van der Waals surface area contributed by atoms with E-state index < -0.39 is 4.92 Å². The van der Waals surface area contributed by atoms with Crippen LogP contribution in [-0.4, -0.2) is 79.0 Å². The Labute approximate surface area is 186 Å². The van der Waals surface area contributed by atoms with Crippen molar-refractivity contribution in [2.75, 3.05) is 57.4 Å². The summed E-state index contributed by atoms with van der Waals surface area (Å²) >= 11 is 0. The van der Waals surface area contributed by atoms with E-state index in [0.29, 0.717) is 69.3 Å². The molecule has 9 heteroatoms. The van der Waals surface area contributed by atoms with E-state index in [1.165, 1.54) is 12.1 Å². The Morgan fingerprint density at radius 2 is 1.47 bits per heavy atom. The van der Waals surface area contributed by atoms with Crippen molar-refractivity contribution in [2.45, 2.75) is 6.92 Å². The van der Waals surface area contributed by atoms with Gasteiger partial charge in [0.25, 0.3) is 17.5 Å². The van der Waals surface area contributed by atoms with Crippen molar-refractivity contribution >= 4 is 23.2 Å². The van der Waals surface area contributed by atoms with Crippen molar-refractivity contribution in [3.8, 4) is 0 Å². The maximum Gasteiger partial charge on any atom is 0.270 e. The van der Waals surface area contributed by atoms with E-state index in [2.05, 4.69) is 0 Å². The summed E-state index contributed by atoms with van der Waals surface area (Å²) in [6, 6.07) is 11.9. The van der Waals surface area contributed by atoms with Gasteiger partial charge in [-0.3, -0.25) is 19.7 Å². The molecule has 4 rings (SSSR count). The number of carbonyl (C=O) groups excluding carboxylic acids is 2. The van der Waals surface area contributed by atoms with Crippen LogP contribution >= 0.6 is 0 Å². The number of hydrogen-bond acceptors (Lipinski definition) is 6. The SMILES string of the molecule is Cc1ccc(C(=O)N2CCN(C(=O)c3cc([N+](=O)[O-])ccc3N3CCOCC3)CC2)cc1. The summed E-state index contributed by atoms with van der Waals surface area (Å²) in [7, 11) is 0. The highest BCUT2D eigenvalue weighted by Gasteiger charge is 2.29. The molecule has 0 N–H and O–H groups in total. The molecule has 0 aliphatic carbocycles. The number of rotatable bonds is 4. The van der Waals surface area contributed by atoms with Gasteiger partial charge in [-0.05, 0) is 25.1 Å². The summed E-state index contributed by atoms with van der Waals surface area (Å²) in [5, 5.41) is 11.3. The van der Waals surface area contributed by atoms with E-state index in [-0.39, 0.29) is 17.5 Å². The molecule has 2 amide bonds.